The molecule has 7 heteroatoms. The summed E-state index contributed by atoms with van der Waals surface area (Å²) in [6.07, 6.45) is 5.15. The van der Waals surface area contributed by atoms with Gasteiger partial charge in [-0.3, -0.25) is 4.79 Å². The summed E-state index contributed by atoms with van der Waals surface area (Å²) >= 11 is 0. The molecule has 0 aliphatic carbocycles. The normalized spacial score (nSPS) is 14.0. The summed E-state index contributed by atoms with van der Waals surface area (Å²) in [5.41, 5.74) is 4.73. The maximum Gasteiger partial charge on any atom is 0.259 e. The Labute approximate surface area is 226 Å². The molecule has 4 rings (SSSR count). The number of halogens is 1. The van der Waals surface area contributed by atoms with Crippen molar-refractivity contribution in [2.75, 3.05) is 48.8 Å². The molecule has 2 aromatic carbocycles. The smallest absolute Gasteiger partial charge is 0.259 e. The van der Waals surface area contributed by atoms with E-state index in [2.05, 4.69) is 65.4 Å². The second-order valence-corrected chi connectivity index (χ2v) is 10.9. The second-order valence-electron chi connectivity index (χ2n) is 10.9. The van der Waals surface area contributed by atoms with Gasteiger partial charge in [0.1, 0.15) is 11.6 Å². The van der Waals surface area contributed by atoms with Crippen LogP contribution in [0.15, 0.2) is 60.8 Å². The van der Waals surface area contributed by atoms with Crippen LogP contribution in [0.2, 0.25) is 0 Å². The number of hydrogen-bond acceptors (Lipinski definition) is 5. The molecule has 6 nitrogen and oxygen atoms in total. The molecule has 2 N–H and O–H groups in total. The van der Waals surface area contributed by atoms with Crippen LogP contribution in [0.5, 0.6) is 0 Å². The number of rotatable bonds is 12. The van der Waals surface area contributed by atoms with E-state index in [0.29, 0.717) is 17.9 Å². The van der Waals surface area contributed by atoms with Crippen LogP contribution in [0, 0.1) is 5.82 Å². The quantitative estimate of drug-likeness (QED) is 0.276. The highest BCUT2D eigenvalue weighted by Gasteiger charge is 2.34. The van der Waals surface area contributed by atoms with E-state index in [-0.39, 0.29) is 17.1 Å². The van der Waals surface area contributed by atoms with E-state index in [1.54, 1.807) is 30.5 Å². The largest absolute Gasteiger partial charge is 0.370 e. The Morgan fingerprint density at radius 2 is 1.89 bits per heavy atom. The predicted octanol–water partition coefficient (Wildman–Crippen LogP) is 6.30. The summed E-state index contributed by atoms with van der Waals surface area (Å²) in [6.45, 7) is 11.5. The van der Waals surface area contributed by atoms with Crippen molar-refractivity contribution >= 4 is 23.1 Å². The highest BCUT2D eigenvalue weighted by molar-refractivity contribution is 6.07. The highest BCUT2D eigenvalue weighted by atomic mass is 19.1. The van der Waals surface area contributed by atoms with Gasteiger partial charge < -0.3 is 20.4 Å². The first kappa shape index (κ1) is 27.6. The molecule has 1 aliphatic heterocycles. The Morgan fingerprint density at radius 3 is 2.66 bits per heavy atom. The summed E-state index contributed by atoms with van der Waals surface area (Å²) in [4.78, 5) is 22.5. The van der Waals surface area contributed by atoms with Gasteiger partial charge in [-0.2, -0.15) is 0 Å². The maximum absolute atomic E-state index is 13.3. The minimum atomic E-state index is -0.275. The Hall–Kier alpha value is -3.45. The average molecular weight is 518 g/mol. The van der Waals surface area contributed by atoms with Gasteiger partial charge in [0.2, 0.25) is 0 Å². The molecule has 2 heterocycles. The minimum Gasteiger partial charge on any atom is -0.370 e. The van der Waals surface area contributed by atoms with E-state index < -0.39 is 0 Å². The number of fused-ring (bicyclic) bond motifs is 1. The SMILES string of the molecule is CCCN(C)CCCCN1CC(C)(C)c2ccc(NC(=O)c3cccnc3NCc3ccc(F)cc3)cc21. The number of amides is 1. The van der Waals surface area contributed by atoms with Crippen molar-refractivity contribution in [3.8, 4) is 0 Å². The summed E-state index contributed by atoms with van der Waals surface area (Å²) in [6, 6.07) is 16.0. The molecule has 1 amide bonds. The number of nitrogens with one attached hydrogen (secondary N) is 2. The minimum absolute atomic E-state index is 0.0671. The molecule has 0 saturated heterocycles. The molecule has 0 radical (unpaired) electrons. The maximum atomic E-state index is 13.3. The van der Waals surface area contributed by atoms with Crippen molar-refractivity contribution in [2.24, 2.45) is 0 Å². The summed E-state index contributed by atoms with van der Waals surface area (Å²) in [5, 5.41) is 6.29. The van der Waals surface area contributed by atoms with Gasteiger partial charge in [0, 0.05) is 42.6 Å². The summed E-state index contributed by atoms with van der Waals surface area (Å²) in [5.74, 6) is -0.00348. The van der Waals surface area contributed by atoms with Gasteiger partial charge in [-0.1, -0.05) is 39.0 Å². The van der Waals surface area contributed by atoms with Gasteiger partial charge in [0.15, 0.2) is 0 Å². The zero-order chi connectivity index (χ0) is 27.1. The standard InChI is InChI=1S/C31H40FN5O/c1-5-17-36(4)18-6-7-19-37-22-31(2,3)27-15-14-25(20-28(27)37)35-30(38)26-9-8-16-33-29(26)34-21-23-10-12-24(32)13-11-23/h8-16,20H,5-7,17-19,21-22H2,1-4H3,(H,33,34)(H,35,38). The number of hydrogen-bond donors (Lipinski definition) is 2. The Bertz CT molecular complexity index is 1230. The van der Waals surface area contributed by atoms with Crippen LogP contribution in [-0.4, -0.2) is 49.0 Å². The molecule has 3 aromatic rings. The lowest BCUT2D eigenvalue weighted by atomic mass is 9.87. The number of carbonyl (C=O) groups is 1. The molecular formula is C31H40FN5O. The molecule has 202 valence electrons. The lowest BCUT2D eigenvalue weighted by Crippen LogP contribution is -2.30. The predicted molar refractivity (Wildman–Crippen MR) is 155 cm³/mol. The van der Waals surface area contributed by atoms with Crippen molar-refractivity contribution < 1.29 is 9.18 Å². The number of benzene rings is 2. The second kappa shape index (κ2) is 12.4. The molecule has 1 aliphatic rings. The Morgan fingerprint density at radius 1 is 1.11 bits per heavy atom. The van der Waals surface area contributed by atoms with Crippen molar-refractivity contribution in [1.82, 2.24) is 9.88 Å². The fraction of sp³-hybridized carbons (Fsp3) is 0.419. The number of anilines is 3. The van der Waals surface area contributed by atoms with Crippen LogP contribution in [0.3, 0.4) is 0 Å². The molecule has 1 aromatic heterocycles. The number of unbranched alkanes of at least 4 members (excludes halogenated alkanes) is 1. The van der Waals surface area contributed by atoms with E-state index in [1.807, 2.05) is 6.07 Å². The van der Waals surface area contributed by atoms with Crippen molar-refractivity contribution in [3.05, 3.63) is 83.3 Å². The fourth-order valence-corrected chi connectivity index (χ4v) is 5.18. The van der Waals surface area contributed by atoms with E-state index in [9.17, 15) is 9.18 Å². The van der Waals surface area contributed by atoms with Crippen molar-refractivity contribution in [3.63, 3.8) is 0 Å². The van der Waals surface area contributed by atoms with Gasteiger partial charge >= 0.3 is 0 Å². The van der Waals surface area contributed by atoms with Crippen LogP contribution in [0.25, 0.3) is 0 Å². The molecule has 38 heavy (non-hydrogen) atoms. The Kier molecular flexibility index (Phi) is 9.00. The third-order valence-corrected chi connectivity index (χ3v) is 7.16. The Balaban J connectivity index is 1.42. The monoisotopic (exact) mass is 517 g/mol. The number of carbonyl (C=O) groups excluding carboxylic acids is 1. The van der Waals surface area contributed by atoms with Gasteiger partial charge in [-0.15, -0.1) is 0 Å². The van der Waals surface area contributed by atoms with E-state index in [0.717, 1.165) is 43.9 Å². The molecule has 0 fully saturated rings. The molecule has 0 bridgehead atoms. The number of nitrogens with zero attached hydrogens (tertiary/aromatic N) is 3. The van der Waals surface area contributed by atoms with Gasteiger partial charge in [0.05, 0.1) is 5.56 Å². The van der Waals surface area contributed by atoms with Gasteiger partial charge in [-0.25, -0.2) is 9.37 Å². The highest BCUT2D eigenvalue weighted by Crippen LogP contribution is 2.42. The average Bonchev–Trinajstić information content (AvgIpc) is 3.15. The van der Waals surface area contributed by atoms with Gasteiger partial charge in [-0.05, 0) is 86.9 Å². The van der Waals surface area contributed by atoms with E-state index in [4.69, 9.17) is 0 Å². The molecule has 0 unspecified atom stereocenters. The fourth-order valence-electron chi connectivity index (χ4n) is 5.18. The van der Waals surface area contributed by atoms with Crippen molar-refractivity contribution in [2.45, 2.75) is 52.0 Å². The van der Waals surface area contributed by atoms with Crippen LogP contribution < -0.4 is 15.5 Å². The molecular weight excluding hydrogens is 477 g/mol. The first-order valence-corrected chi connectivity index (χ1v) is 13.6. The first-order chi connectivity index (χ1) is 18.3. The van der Waals surface area contributed by atoms with Crippen LogP contribution in [0.4, 0.5) is 21.6 Å². The van der Waals surface area contributed by atoms with E-state index in [1.165, 1.54) is 36.2 Å². The van der Waals surface area contributed by atoms with Crippen LogP contribution in [0.1, 0.15) is 61.5 Å². The third kappa shape index (κ3) is 6.90. The number of aromatic nitrogens is 1. The lowest BCUT2D eigenvalue weighted by molar-refractivity contribution is 0.102. The molecule has 0 saturated carbocycles. The number of pyridine rings is 1. The van der Waals surface area contributed by atoms with Crippen LogP contribution in [-0.2, 0) is 12.0 Å². The van der Waals surface area contributed by atoms with Crippen molar-refractivity contribution in [1.29, 1.82) is 0 Å². The molecule has 0 spiro atoms. The lowest BCUT2D eigenvalue weighted by Gasteiger charge is -2.23. The summed E-state index contributed by atoms with van der Waals surface area (Å²) < 4.78 is 13.2. The van der Waals surface area contributed by atoms with Gasteiger partial charge in [0.25, 0.3) is 5.91 Å². The topological polar surface area (TPSA) is 60.5 Å². The zero-order valence-corrected chi connectivity index (χ0v) is 23.1. The first-order valence-electron chi connectivity index (χ1n) is 13.6. The van der Waals surface area contributed by atoms with Crippen LogP contribution >= 0.6 is 0 Å². The van der Waals surface area contributed by atoms with E-state index >= 15 is 0 Å². The zero-order valence-electron chi connectivity index (χ0n) is 23.1. The third-order valence-electron chi connectivity index (χ3n) is 7.16. The molecule has 0 atom stereocenters. The summed E-state index contributed by atoms with van der Waals surface area (Å²) in [7, 11) is 2.19.